The number of ether oxygens (including phenoxy) is 1. The molecule has 0 aliphatic carbocycles. The molecule has 0 aliphatic heterocycles. The number of hydrogen-bond acceptors (Lipinski definition) is 3. The van der Waals surface area contributed by atoms with Crippen molar-refractivity contribution in [2.45, 2.75) is 109 Å². The van der Waals surface area contributed by atoms with E-state index in [-0.39, 0.29) is 6.04 Å². The fourth-order valence-corrected chi connectivity index (χ4v) is 2.62. The summed E-state index contributed by atoms with van der Waals surface area (Å²) in [6, 6.07) is 0.00198. The van der Waals surface area contributed by atoms with Gasteiger partial charge in [0.25, 0.3) is 0 Å². The van der Waals surface area contributed by atoms with Crippen molar-refractivity contribution in [2.24, 2.45) is 0 Å². The molecule has 2 N–H and O–H groups in total. The Morgan fingerprint density at radius 1 is 1.04 bits per heavy atom. The van der Waals surface area contributed by atoms with Gasteiger partial charge in [-0.05, 0) is 39.5 Å². The highest BCUT2D eigenvalue weighted by atomic mass is 19.4. The van der Waals surface area contributed by atoms with Crippen molar-refractivity contribution in [1.82, 2.24) is 10.9 Å². The number of carbonyl (C=O) groups is 1. The van der Waals surface area contributed by atoms with Crippen molar-refractivity contribution in [3.63, 3.8) is 0 Å². The van der Waals surface area contributed by atoms with Gasteiger partial charge in [0.15, 0.2) is 0 Å². The number of alkyl halides is 3. The van der Waals surface area contributed by atoms with Gasteiger partial charge >= 0.3 is 12.3 Å². The van der Waals surface area contributed by atoms with Crippen LogP contribution >= 0.6 is 0 Å². The summed E-state index contributed by atoms with van der Waals surface area (Å²) in [5, 5.41) is 0. The summed E-state index contributed by atoms with van der Waals surface area (Å²) in [7, 11) is 0. The van der Waals surface area contributed by atoms with E-state index in [1.54, 1.807) is 0 Å². The first-order chi connectivity index (χ1) is 12.6. The summed E-state index contributed by atoms with van der Waals surface area (Å²) >= 11 is 0. The minimum Gasteiger partial charge on any atom is -0.433 e. The van der Waals surface area contributed by atoms with Gasteiger partial charge in [-0.3, -0.25) is 5.43 Å². The van der Waals surface area contributed by atoms with Crippen molar-refractivity contribution < 1.29 is 22.7 Å². The summed E-state index contributed by atoms with van der Waals surface area (Å²) in [5.74, 6) is 0. The van der Waals surface area contributed by atoms with E-state index in [0.29, 0.717) is 0 Å². The summed E-state index contributed by atoms with van der Waals surface area (Å²) in [5.41, 5.74) is 2.58. The highest BCUT2D eigenvalue weighted by molar-refractivity contribution is 5.67. The van der Waals surface area contributed by atoms with Crippen LogP contribution in [0.25, 0.3) is 0 Å². The quantitative estimate of drug-likeness (QED) is 0.191. The maximum atomic E-state index is 12.8. The van der Waals surface area contributed by atoms with Crippen LogP contribution in [0.15, 0.2) is 12.7 Å². The SMILES string of the molecule is C=CCCCC(CCCCCCCCC)NNC(=O)OC(C)(C)C(F)(F)F. The number of unbranched alkanes of at least 4 members (excludes halogenated alkanes) is 7. The molecule has 0 aromatic rings. The summed E-state index contributed by atoms with van der Waals surface area (Å²) in [6.45, 7) is 7.53. The summed E-state index contributed by atoms with van der Waals surface area (Å²) < 4.78 is 42.8. The molecule has 0 rings (SSSR count). The molecule has 0 aliphatic rings. The molecule has 0 fully saturated rings. The number of rotatable bonds is 15. The van der Waals surface area contributed by atoms with Crippen LogP contribution in [0.4, 0.5) is 18.0 Å². The third-order valence-electron chi connectivity index (χ3n) is 4.53. The number of hydrogen-bond donors (Lipinski definition) is 2. The second-order valence-corrected chi connectivity index (χ2v) is 7.49. The Hall–Kier alpha value is -1.24. The molecule has 0 aromatic heterocycles. The van der Waals surface area contributed by atoms with Crippen LogP contribution in [0, 0.1) is 0 Å². The largest absolute Gasteiger partial charge is 0.433 e. The lowest BCUT2D eigenvalue weighted by molar-refractivity contribution is -0.244. The molecular formula is C20H37F3N2O2. The van der Waals surface area contributed by atoms with E-state index in [1.807, 2.05) is 6.08 Å². The molecule has 0 aromatic carbocycles. The van der Waals surface area contributed by atoms with Crippen LogP contribution in [0.1, 0.15) is 91.4 Å². The molecule has 0 spiro atoms. The Bertz CT molecular complexity index is 413. The Balaban J connectivity index is 4.27. The molecule has 7 heteroatoms. The molecule has 0 bridgehead atoms. The van der Waals surface area contributed by atoms with Crippen molar-refractivity contribution in [2.75, 3.05) is 0 Å². The van der Waals surface area contributed by atoms with Crippen LogP contribution in [0.3, 0.4) is 0 Å². The maximum absolute atomic E-state index is 12.8. The average molecular weight is 395 g/mol. The number of allylic oxidation sites excluding steroid dienone is 1. The van der Waals surface area contributed by atoms with Crippen molar-refractivity contribution in [3.8, 4) is 0 Å². The highest BCUT2D eigenvalue weighted by Gasteiger charge is 2.50. The van der Waals surface area contributed by atoms with E-state index < -0.39 is 17.9 Å². The molecule has 1 unspecified atom stereocenters. The van der Waals surface area contributed by atoms with Crippen LogP contribution < -0.4 is 10.9 Å². The second-order valence-electron chi connectivity index (χ2n) is 7.49. The number of hydrazine groups is 1. The molecule has 0 radical (unpaired) electrons. The highest BCUT2D eigenvalue weighted by Crippen LogP contribution is 2.32. The molecule has 27 heavy (non-hydrogen) atoms. The fraction of sp³-hybridized carbons (Fsp3) is 0.850. The van der Waals surface area contributed by atoms with Gasteiger partial charge in [-0.1, -0.05) is 57.9 Å². The van der Waals surface area contributed by atoms with Gasteiger partial charge in [-0.15, -0.1) is 6.58 Å². The van der Waals surface area contributed by atoms with Gasteiger partial charge in [0.2, 0.25) is 5.60 Å². The zero-order chi connectivity index (χ0) is 20.8. The van der Waals surface area contributed by atoms with Gasteiger partial charge in [0, 0.05) is 6.04 Å². The number of carbonyl (C=O) groups excluding carboxylic acids is 1. The Morgan fingerprint density at radius 2 is 1.59 bits per heavy atom. The third kappa shape index (κ3) is 12.7. The molecule has 0 saturated heterocycles. The zero-order valence-electron chi connectivity index (χ0n) is 17.1. The van der Waals surface area contributed by atoms with Crippen LogP contribution in [0.2, 0.25) is 0 Å². The Kier molecular flexibility index (Phi) is 13.2. The lowest BCUT2D eigenvalue weighted by Crippen LogP contribution is -2.50. The average Bonchev–Trinajstić information content (AvgIpc) is 2.57. The molecule has 0 heterocycles. The van der Waals surface area contributed by atoms with Crippen LogP contribution in [0.5, 0.6) is 0 Å². The monoisotopic (exact) mass is 394 g/mol. The summed E-state index contributed by atoms with van der Waals surface area (Å²) in [6.07, 6.45) is 7.84. The first kappa shape index (κ1) is 25.8. The second kappa shape index (κ2) is 13.9. The Morgan fingerprint density at radius 3 is 2.15 bits per heavy atom. The molecular weight excluding hydrogens is 357 g/mol. The van der Waals surface area contributed by atoms with Gasteiger partial charge in [-0.25, -0.2) is 10.2 Å². The molecule has 160 valence electrons. The maximum Gasteiger partial charge on any atom is 0.427 e. The number of amides is 1. The first-order valence-electron chi connectivity index (χ1n) is 10.1. The zero-order valence-corrected chi connectivity index (χ0v) is 17.1. The standard InChI is InChI=1S/C20H37F3N2O2/c1-5-7-9-10-11-12-14-16-17(15-13-8-6-2)24-25-18(26)27-19(3,4)20(21,22)23/h6,17,24H,2,5,7-16H2,1,3-4H3,(H,25,26). The van der Waals surface area contributed by atoms with Crippen LogP contribution in [-0.4, -0.2) is 23.9 Å². The molecule has 0 saturated carbocycles. The van der Waals surface area contributed by atoms with Gasteiger partial charge in [0.05, 0.1) is 0 Å². The predicted molar refractivity (Wildman–Crippen MR) is 103 cm³/mol. The van der Waals surface area contributed by atoms with Gasteiger partial charge < -0.3 is 4.74 Å². The third-order valence-corrected chi connectivity index (χ3v) is 4.53. The fourth-order valence-electron chi connectivity index (χ4n) is 2.62. The van der Waals surface area contributed by atoms with E-state index in [2.05, 4.69) is 29.1 Å². The van der Waals surface area contributed by atoms with E-state index in [4.69, 9.17) is 0 Å². The van der Waals surface area contributed by atoms with Crippen LogP contribution in [-0.2, 0) is 4.74 Å². The van der Waals surface area contributed by atoms with E-state index in [0.717, 1.165) is 52.4 Å². The molecule has 4 nitrogen and oxygen atoms in total. The normalized spacial score (nSPS) is 13.3. The molecule has 1 atom stereocenters. The first-order valence-corrected chi connectivity index (χ1v) is 10.1. The lowest BCUT2D eigenvalue weighted by atomic mass is 10.0. The minimum absolute atomic E-state index is 0.00198. The van der Waals surface area contributed by atoms with E-state index in [9.17, 15) is 18.0 Å². The van der Waals surface area contributed by atoms with Crippen molar-refractivity contribution in [3.05, 3.63) is 12.7 Å². The summed E-state index contributed by atoms with van der Waals surface area (Å²) in [4.78, 5) is 11.7. The van der Waals surface area contributed by atoms with E-state index >= 15 is 0 Å². The Labute approximate surface area is 162 Å². The number of nitrogens with one attached hydrogen (secondary N) is 2. The molecule has 1 amide bonds. The smallest absolute Gasteiger partial charge is 0.427 e. The minimum atomic E-state index is -4.62. The van der Waals surface area contributed by atoms with E-state index in [1.165, 1.54) is 32.1 Å². The van der Waals surface area contributed by atoms with Gasteiger partial charge in [0.1, 0.15) is 0 Å². The lowest BCUT2D eigenvalue weighted by Gasteiger charge is -2.28. The predicted octanol–water partition coefficient (Wildman–Crippen LogP) is 6.42. The number of halogens is 3. The van der Waals surface area contributed by atoms with Gasteiger partial charge in [-0.2, -0.15) is 13.2 Å². The topological polar surface area (TPSA) is 50.4 Å². The van der Waals surface area contributed by atoms with Crippen molar-refractivity contribution in [1.29, 1.82) is 0 Å². The van der Waals surface area contributed by atoms with Crippen molar-refractivity contribution >= 4 is 6.09 Å².